The number of benzene rings is 2. The van der Waals surface area contributed by atoms with Crippen LogP contribution in [0.1, 0.15) is 19.4 Å². The first kappa shape index (κ1) is 17.7. The molecule has 134 valence electrons. The van der Waals surface area contributed by atoms with Crippen LogP contribution < -0.4 is 14.8 Å². The molecule has 0 saturated carbocycles. The van der Waals surface area contributed by atoms with Crippen molar-refractivity contribution in [2.45, 2.75) is 20.8 Å². The highest BCUT2D eigenvalue weighted by atomic mass is 16.5. The van der Waals surface area contributed by atoms with Gasteiger partial charge in [-0.15, -0.1) is 0 Å². The molecule has 0 fully saturated rings. The van der Waals surface area contributed by atoms with Crippen LogP contribution in [0.2, 0.25) is 0 Å². The molecular formula is C21H22N2O3. The summed E-state index contributed by atoms with van der Waals surface area (Å²) in [5.74, 6) is 1.38. The molecule has 5 heteroatoms. The van der Waals surface area contributed by atoms with Crippen molar-refractivity contribution in [3.63, 3.8) is 0 Å². The summed E-state index contributed by atoms with van der Waals surface area (Å²) in [5, 5.41) is 3.75. The minimum Gasteiger partial charge on any atom is -0.494 e. The Balaban J connectivity index is 2.15. The lowest BCUT2D eigenvalue weighted by Gasteiger charge is -2.14. The maximum absolute atomic E-state index is 11.5. The standard InChI is InChI=1S/C21H22N2O3/c1-5-26-16-8-6-15(7-9-16)18-12-13(2)20-17(22-14(3)24)10-11-19(25-4)21(20)23-18/h6-12H,5H2,1-4H3,(H,22,24). The van der Waals surface area contributed by atoms with E-state index < -0.39 is 0 Å². The number of carbonyl (C=O) groups excluding carboxylic acids is 1. The Bertz CT molecular complexity index is 950. The molecule has 0 aliphatic heterocycles. The number of hydrogen-bond acceptors (Lipinski definition) is 4. The van der Waals surface area contributed by atoms with E-state index in [0.717, 1.165) is 39.2 Å². The van der Waals surface area contributed by atoms with Crippen LogP contribution in [0.4, 0.5) is 5.69 Å². The number of rotatable bonds is 5. The van der Waals surface area contributed by atoms with Crippen LogP contribution >= 0.6 is 0 Å². The predicted octanol–water partition coefficient (Wildman–Crippen LogP) is 4.58. The molecule has 0 spiro atoms. The molecule has 0 unspecified atom stereocenters. The number of nitrogens with one attached hydrogen (secondary N) is 1. The highest BCUT2D eigenvalue weighted by Gasteiger charge is 2.14. The largest absolute Gasteiger partial charge is 0.494 e. The number of fused-ring (bicyclic) bond motifs is 1. The maximum atomic E-state index is 11.5. The van der Waals surface area contributed by atoms with Gasteiger partial charge >= 0.3 is 0 Å². The Morgan fingerprint density at radius 3 is 2.50 bits per heavy atom. The molecule has 3 rings (SSSR count). The fourth-order valence-corrected chi connectivity index (χ4v) is 3.01. The van der Waals surface area contributed by atoms with Crippen LogP contribution in [0.25, 0.3) is 22.2 Å². The van der Waals surface area contributed by atoms with Gasteiger partial charge in [0.2, 0.25) is 5.91 Å². The Kier molecular flexibility index (Phi) is 5.07. The van der Waals surface area contributed by atoms with Gasteiger partial charge in [-0.3, -0.25) is 4.79 Å². The molecule has 0 aliphatic carbocycles. The molecule has 26 heavy (non-hydrogen) atoms. The molecule has 1 amide bonds. The van der Waals surface area contributed by atoms with Gasteiger partial charge in [0, 0.05) is 17.9 Å². The molecule has 1 N–H and O–H groups in total. The summed E-state index contributed by atoms with van der Waals surface area (Å²) in [5.41, 5.74) is 4.31. The lowest BCUT2D eigenvalue weighted by Crippen LogP contribution is -2.07. The van der Waals surface area contributed by atoms with Gasteiger partial charge in [-0.1, -0.05) is 0 Å². The van der Waals surface area contributed by atoms with E-state index in [1.807, 2.05) is 56.3 Å². The molecule has 0 radical (unpaired) electrons. The minimum absolute atomic E-state index is 0.119. The van der Waals surface area contributed by atoms with Crippen LogP contribution in [0.3, 0.4) is 0 Å². The lowest BCUT2D eigenvalue weighted by atomic mass is 10.0. The summed E-state index contributed by atoms with van der Waals surface area (Å²) in [4.78, 5) is 16.3. The molecule has 0 atom stereocenters. The highest BCUT2D eigenvalue weighted by Crippen LogP contribution is 2.35. The quantitative estimate of drug-likeness (QED) is 0.732. The second-order valence-corrected chi connectivity index (χ2v) is 6.00. The topological polar surface area (TPSA) is 60.5 Å². The monoisotopic (exact) mass is 350 g/mol. The van der Waals surface area contributed by atoms with Crippen molar-refractivity contribution in [1.82, 2.24) is 4.98 Å². The number of anilines is 1. The zero-order chi connectivity index (χ0) is 18.7. The molecule has 2 aromatic carbocycles. The fraction of sp³-hybridized carbons (Fsp3) is 0.238. The van der Waals surface area contributed by atoms with Crippen molar-refractivity contribution in [2.24, 2.45) is 0 Å². The van der Waals surface area contributed by atoms with Crippen molar-refractivity contribution in [3.05, 3.63) is 48.0 Å². The summed E-state index contributed by atoms with van der Waals surface area (Å²) >= 11 is 0. The van der Waals surface area contributed by atoms with Crippen molar-refractivity contribution in [3.8, 4) is 22.8 Å². The number of ether oxygens (including phenoxy) is 2. The third-order valence-corrected chi connectivity index (χ3v) is 4.11. The number of aryl methyl sites for hydroxylation is 1. The second-order valence-electron chi connectivity index (χ2n) is 6.00. The Morgan fingerprint density at radius 2 is 1.88 bits per heavy atom. The predicted molar refractivity (Wildman–Crippen MR) is 104 cm³/mol. The van der Waals surface area contributed by atoms with Gasteiger partial charge in [-0.2, -0.15) is 0 Å². The van der Waals surface area contributed by atoms with Crippen molar-refractivity contribution in [1.29, 1.82) is 0 Å². The first-order chi connectivity index (χ1) is 12.5. The Hall–Kier alpha value is -3.08. The van der Waals surface area contributed by atoms with E-state index in [0.29, 0.717) is 12.4 Å². The van der Waals surface area contributed by atoms with E-state index in [-0.39, 0.29) is 5.91 Å². The van der Waals surface area contributed by atoms with Crippen molar-refractivity contribution < 1.29 is 14.3 Å². The maximum Gasteiger partial charge on any atom is 0.221 e. The average molecular weight is 350 g/mol. The van der Waals surface area contributed by atoms with Crippen LogP contribution in [-0.2, 0) is 4.79 Å². The number of pyridine rings is 1. The van der Waals surface area contributed by atoms with Gasteiger partial charge in [-0.05, 0) is 61.9 Å². The third-order valence-electron chi connectivity index (χ3n) is 4.11. The summed E-state index contributed by atoms with van der Waals surface area (Å²) in [6.45, 7) is 6.09. The summed E-state index contributed by atoms with van der Waals surface area (Å²) in [6.07, 6.45) is 0. The molecule has 3 aromatic rings. The molecule has 0 bridgehead atoms. The van der Waals surface area contributed by atoms with Gasteiger partial charge in [0.25, 0.3) is 0 Å². The molecule has 5 nitrogen and oxygen atoms in total. The first-order valence-electron chi connectivity index (χ1n) is 8.52. The van der Waals surface area contributed by atoms with E-state index in [2.05, 4.69) is 5.32 Å². The van der Waals surface area contributed by atoms with Crippen molar-refractivity contribution in [2.75, 3.05) is 19.0 Å². The summed E-state index contributed by atoms with van der Waals surface area (Å²) < 4.78 is 11.0. The second kappa shape index (κ2) is 7.44. The number of methoxy groups -OCH3 is 1. The first-order valence-corrected chi connectivity index (χ1v) is 8.52. The normalized spacial score (nSPS) is 10.6. The molecular weight excluding hydrogens is 328 g/mol. The van der Waals surface area contributed by atoms with Crippen LogP contribution in [0.15, 0.2) is 42.5 Å². The van der Waals surface area contributed by atoms with Gasteiger partial charge in [0.05, 0.1) is 25.1 Å². The van der Waals surface area contributed by atoms with Crippen LogP contribution in [-0.4, -0.2) is 24.6 Å². The van der Waals surface area contributed by atoms with Gasteiger partial charge in [0.15, 0.2) is 0 Å². The lowest BCUT2D eigenvalue weighted by molar-refractivity contribution is -0.114. The van der Waals surface area contributed by atoms with E-state index in [4.69, 9.17) is 14.5 Å². The van der Waals surface area contributed by atoms with Gasteiger partial charge < -0.3 is 14.8 Å². The fourth-order valence-electron chi connectivity index (χ4n) is 3.01. The molecule has 0 saturated heterocycles. The van der Waals surface area contributed by atoms with E-state index >= 15 is 0 Å². The third kappa shape index (κ3) is 3.47. The highest BCUT2D eigenvalue weighted by molar-refractivity contribution is 6.04. The molecule has 1 heterocycles. The molecule has 1 aromatic heterocycles. The number of carbonyl (C=O) groups is 1. The van der Waals surface area contributed by atoms with Gasteiger partial charge in [-0.25, -0.2) is 4.98 Å². The SMILES string of the molecule is CCOc1ccc(-c2cc(C)c3c(NC(C)=O)ccc(OC)c3n2)cc1. The summed E-state index contributed by atoms with van der Waals surface area (Å²) in [7, 11) is 1.62. The smallest absolute Gasteiger partial charge is 0.221 e. The van der Waals surface area contributed by atoms with Crippen LogP contribution in [0, 0.1) is 6.92 Å². The van der Waals surface area contributed by atoms with E-state index in [9.17, 15) is 4.79 Å². The minimum atomic E-state index is -0.119. The molecule has 0 aliphatic rings. The van der Waals surface area contributed by atoms with E-state index in [1.165, 1.54) is 6.92 Å². The van der Waals surface area contributed by atoms with Crippen LogP contribution in [0.5, 0.6) is 11.5 Å². The Morgan fingerprint density at radius 1 is 1.15 bits per heavy atom. The average Bonchev–Trinajstić information content (AvgIpc) is 2.62. The summed E-state index contributed by atoms with van der Waals surface area (Å²) in [6, 6.07) is 13.5. The van der Waals surface area contributed by atoms with Gasteiger partial charge in [0.1, 0.15) is 17.0 Å². The number of nitrogens with zero attached hydrogens (tertiary/aromatic N) is 1. The zero-order valence-electron chi connectivity index (χ0n) is 15.4. The zero-order valence-corrected chi connectivity index (χ0v) is 15.4. The number of hydrogen-bond donors (Lipinski definition) is 1. The Labute approximate surface area is 153 Å². The number of amides is 1. The van der Waals surface area contributed by atoms with E-state index in [1.54, 1.807) is 7.11 Å². The van der Waals surface area contributed by atoms with Crippen molar-refractivity contribution >= 4 is 22.5 Å². The number of aromatic nitrogens is 1.